The Hall–Kier alpha value is -3.09. The van der Waals surface area contributed by atoms with Crippen molar-refractivity contribution in [2.75, 3.05) is 18.6 Å². The van der Waals surface area contributed by atoms with Crippen molar-refractivity contribution in [1.82, 2.24) is 4.57 Å². The monoisotopic (exact) mass is 342 g/mol. The Morgan fingerprint density at radius 2 is 2.08 bits per heavy atom. The van der Waals surface area contributed by atoms with Gasteiger partial charge < -0.3 is 19.3 Å². The van der Waals surface area contributed by atoms with Gasteiger partial charge in [-0.1, -0.05) is 6.07 Å². The van der Waals surface area contributed by atoms with Gasteiger partial charge in [0.25, 0.3) is 11.5 Å². The molecule has 0 unspecified atom stereocenters. The molecule has 2 aromatic rings. The van der Waals surface area contributed by atoms with Crippen LogP contribution in [0.1, 0.15) is 22.3 Å². The number of benzene rings is 1. The van der Waals surface area contributed by atoms with Crippen molar-refractivity contribution in [3.05, 3.63) is 58.0 Å². The summed E-state index contributed by atoms with van der Waals surface area (Å²) in [5.74, 6) is -0.937. The van der Waals surface area contributed by atoms with Gasteiger partial charge in [0.2, 0.25) is 0 Å². The number of hydrogen-bond donors (Lipinski definition) is 1. The molecule has 0 spiro atoms. The third kappa shape index (κ3) is 3.26. The van der Waals surface area contributed by atoms with Gasteiger partial charge >= 0.3 is 5.97 Å². The minimum Gasteiger partial charge on any atom is -0.497 e. The number of aliphatic carboxylic acids is 1. The highest BCUT2D eigenvalue weighted by Crippen LogP contribution is 2.31. The van der Waals surface area contributed by atoms with Crippen LogP contribution in [0.15, 0.2) is 41.3 Å². The predicted octanol–water partition coefficient (Wildman–Crippen LogP) is 1.53. The maximum Gasteiger partial charge on any atom is 0.323 e. The average molecular weight is 342 g/mol. The van der Waals surface area contributed by atoms with Gasteiger partial charge in [0.05, 0.1) is 12.8 Å². The van der Waals surface area contributed by atoms with E-state index < -0.39 is 24.0 Å². The first-order valence-corrected chi connectivity index (χ1v) is 7.91. The molecule has 1 N–H and O–H groups in total. The van der Waals surface area contributed by atoms with Crippen LogP contribution in [0.2, 0.25) is 0 Å². The largest absolute Gasteiger partial charge is 0.497 e. The van der Waals surface area contributed by atoms with E-state index in [0.29, 0.717) is 12.3 Å². The highest BCUT2D eigenvalue weighted by Gasteiger charge is 2.26. The summed E-state index contributed by atoms with van der Waals surface area (Å²) >= 11 is 0. The third-order valence-corrected chi connectivity index (χ3v) is 4.21. The second kappa shape index (κ2) is 6.80. The molecule has 0 saturated heterocycles. The minimum atomic E-state index is -1.14. The molecule has 7 nitrogen and oxygen atoms in total. The topological polar surface area (TPSA) is 88.8 Å². The van der Waals surface area contributed by atoms with Crippen LogP contribution < -0.4 is 15.2 Å². The van der Waals surface area contributed by atoms with E-state index in [4.69, 9.17) is 9.84 Å². The number of carbonyl (C=O) groups excluding carboxylic acids is 1. The molecular formula is C18H18N2O5. The molecule has 25 heavy (non-hydrogen) atoms. The molecule has 0 bridgehead atoms. The summed E-state index contributed by atoms with van der Waals surface area (Å²) < 4.78 is 6.25. The number of aryl methyl sites for hydroxylation is 1. The van der Waals surface area contributed by atoms with Crippen molar-refractivity contribution in [1.29, 1.82) is 0 Å². The van der Waals surface area contributed by atoms with Gasteiger partial charge in [0.1, 0.15) is 17.9 Å². The van der Waals surface area contributed by atoms with E-state index in [0.717, 1.165) is 28.7 Å². The van der Waals surface area contributed by atoms with Crippen LogP contribution in [-0.2, 0) is 17.8 Å². The zero-order valence-electron chi connectivity index (χ0n) is 13.8. The number of carboxylic acid groups (broad SMARTS) is 1. The first kappa shape index (κ1) is 16.8. The number of anilines is 1. The number of fused-ring (bicyclic) bond motifs is 1. The Bertz CT molecular complexity index is 887. The summed E-state index contributed by atoms with van der Waals surface area (Å²) in [4.78, 5) is 37.8. The lowest BCUT2D eigenvalue weighted by Gasteiger charge is -2.29. The molecule has 2 heterocycles. The van der Waals surface area contributed by atoms with Gasteiger partial charge in [-0.15, -0.1) is 0 Å². The van der Waals surface area contributed by atoms with E-state index in [1.165, 1.54) is 18.3 Å². The van der Waals surface area contributed by atoms with E-state index >= 15 is 0 Å². The Morgan fingerprint density at radius 1 is 1.28 bits per heavy atom. The van der Waals surface area contributed by atoms with Gasteiger partial charge in [-0.2, -0.15) is 0 Å². The summed E-state index contributed by atoms with van der Waals surface area (Å²) in [5, 5.41) is 8.89. The van der Waals surface area contributed by atoms with Crippen molar-refractivity contribution < 1.29 is 19.4 Å². The minimum absolute atomic E-state index is 0.0422. The van der Waals surface area contributed by atoms with E-state index in [1.54, 1.807) is 18.1 Å². The normalized spacial score (nSPS) is 13.2. The maximum absolute atomic E-state index is 12.9. The Kier molecular flexibility index (Phi) is 4.56. The summed E-state index contributed by atoms with van der Waals surface area (Å²) in [6.45, 7) is 0.0105. The lowest BCUT2D eigenvalue weighted by atomic mass is 10.0. The second-order valence-corrected chi connectivity index (χ2v) is 5.80. The number of hydrogen-bond acceptors (Lipinski definition) is 4. The summed E-state index contributed by atoms with van der Waals surface area (Å²) in [6.07, 6.45) is 3.00. The van der Waals surface area contributed by atoms with E-state index in [2.05, 4.69) is 0 Å². The van der Waals surface area contributed by atoms with Crippen LogP contribution in [0.5, 0.6) is 5.75 Å². The summed E-state index contributed by atoms with van der Waals surface area (Å²) in [7, 11) is 1.55. The maximum atomic E-state index is 12.9. The molecule has 1 aliphatic rings. The predicted molar refractivity (Wildman–Crippen MR) is 91.3 cm³/mol. The molecule has 1 amide bonds. The quantitative estimate of drug-likeness (QED) is 0.910. The molecule has 0 radical (unpaired) electrons. The van der Waals surface area contributed by atoms with Gasteiger partial charge in [-0.05, 0) is 36.6 Å². The van der Waals surface area contributed by atoms with Crippen LogP contribution in [-0.4, -0.2) is 35.2 Å². The van der Waals surface area contributed by atoms with Crippen LogP contribution in [0, 0.1) is 0 Å². The molecule has 7 heteroatoms. The van der Waals surface area contributed by atoms with E-state index in [9.17, 15) is 14.4 Å². The van der Waals surface area contributed by atoms with Gasteiger partial charge in [0, 0.05) is 18.8 Å². The number of carbonyl (C=O) groups is 2. The number of aromatic nitrogens is 1. The Morgan fingerprint density at radius 3 is 2.80 bits per heavy atom. The lowest BCUT2D eigenvalue weighted by molar-refractivity contribution is -0.137. The SMILES string of the molecule is COc1ccc2c(c1)N(C(=O)c1cccn(CC(=O)O)c1=O)CCC2. The number of amides is 1. The van der Waals surface area contributed by atoms with Crippen LogP contribution in [0.4, 0.5) is 5.69 Å². The number of methoxy groups -OCH3 is 1. The number of carboxylic acids is 1. The molecular weight excluding hydrogens is 324 g/mol. The van der Waals surface area contributed by atoms with E-state index in [-0.39, 0.29) is 5.56 Å². The van der Waals surface area contributed by atoms with E-state index in [1.807, 2.05) is 12.1 Å². The average Bonchev–Trinajstić information content (AvgIpc) is 2.61. The third-order valence-electron chi connectivity index (χ3n) is 4.21. The highest BCUT2D eigenvalue weighted by atomic mass is 16.5. The molecule has 3 rings (SSSR count). The molecule has 1 aromatic carbocycles. The summed E-state index contributed by atoms with van der Waals surface area (Å²) in [5.41, 5.74) is 1.09. The summed E-state index contributed by atoms with van der Waals surface area (Å²) in [6, 6.07) is 8.48. The van der Waals surface area contributed by atoms with Crippen molar-refractivity contribution in [3.8, 4) is 5.75 Å². The van der Waals surface area contributed by atoms with Gasteiger partial charge in [0.15, 0.2) is 0 Å². The number of ether oxygens (including phenoxy) is 1. The van der Waals surface area contributed by atoms with Crippen molar-refractivity contribution in [3.63, 3.8) is 0 Å². The van der Waals surface area contributed by atoms with Gasteiger partial charge in [-0.25, -0.2) is 0 Å². The first-order chi connectivity index (χ1) is 12.0. The number of rotatable bonds is 4. The first-order valence-electron chi connectivity index (χ1n) is 7.91. The van der Waals surface area contributed by atoms with Crippen molar-refractivity contribution >= 4 is 17.6 Å². The fraction of sp³-hybridized carbons (Fsp3) is 0.278. The standard InChI is InChI=1S/C18H18N2O5/c1-25-13-7-6-12-4-2-9-20(15(12)10-13)18(24)14-5-3-8-19(17(14)23)11-16(21)22/h3,5-8,10H,2,4,9,11H2,1H3,(H,21,22). The lowest BCUT2D eigenvalue weighted by Crippen LogP contribution is -2.39. The Balaban J connectivity index is 2.01. The van der Waals surface area contributed by atoms with Crippen molar-refractivity contribution in [2.24, 2.45) is 0 Å². The molecule has 0 atom stereocenters. The number of pyridine rings is 1. The zero-order chi connectivity index (χ0) is 18.0. The molecule has 0 aliphatic carbocycles. The molecule has 1 aliphatic heterocycles. The van der Waals surface area contributed by atoms with Crippen LogP contribution in [0.25, 0.3) is 0 Å². The molecule has 1 aromatic heterocycles. The number of nitrogens with zero attached hydrogens (tertiary/aromatic N) is 2. The second-order valence-electron chi connectivity index (χ2n) is 5.80. The molecule has 0 fully saturated rings. The smallest absolute Gasteiger partial charge is 0.323 e. The van der Waals surface area contributed by atoms with Crippen LogP contribution in [0.3, 0.4) is 0 Å². The fourth-order valence-corrected chi connectivity index (χ4v) is 3.01. The van der Waals surface area contributed by atoms with Gasteiger partial charge in [-0.3, -0.25) is 14.4 Å². The van der Waals surface area contributed by atoms with Crippen LogP contribution >= 0.6 is 0 Å². The Labute approximate surface area is 144 Å². The highest BCUT2D eigenvalue weighted by molar-refractivity contribution is 6.06. The molecule has 130 valence electrons. The van der Waals surface area contributed by atoms with Crippen molar-refractivity contribution in [2.45, 2.75) is 19.4 Å². The fourth-order valence-electron chi connectivity index (χ4n) is 3.01. The molecule has 0 saturated carbocycles. The zero-order valence-corrected chi connectivity index (χ0v) is 13.8.